The van der Waals surface area contributed by atoms with Gasteiger partial charge in [0.05, 0.1) is 17.8 Å². The second kappa shape index (κ2) is 6.61. The molecule has 0 aliphatic carbocycles. The Morgan fingerprint density at radius 2 is 2.09 bits per heavy atom. The molecule has 3 aromatic heterocycles. The van der Waals surface area contributed by atoms with Crippen LogP contribution >= 0.6 is 0 Å². The molecule has 0 saturated carbocycles. The fourth-order valence-corrected chi connectivity index (χ4v) is 1.99. The van der Waals surface area contributed by atoms with E-state index in [1.807, 2.05) is 0 Å². The Balaban J connectivity index is 1.77. The van der Waals surface area contributed by atoms with Gasteiger partial charge in [0.2, 0.25) is 0 Å². The highest BCUT2D eigenvalue weighted by molar-refractivity contribution is 5.93. The maximum atomic E-state index is 12.0. The third-order valence-electron chi connectivity index (χ3n) is 3.06. The summed E-state index contributed by atoms with van der Waals surface area (Å²) in [4.78, 5) is 38.7. The van der Waals surface area contributed by atoms with Crippen LogP contribution in [0, 0.1) is 0 Å². The molecule has 0 bridgehead atoms. The summed E-state index contributed by atoms with van der Waals surface area (Å²) in [7, 11) is 0. The minimum Gasteiger partial charge on any atom is -0.346 e. The minimum absolute atomic E-state index is 0.136. The lowest BCUT2D eigenvalue weighted by atomic mass is 10.2. The van der Waals surface area contributed by atoms with E-state index >= 15 is 0 Å². The molecule has 0 aromatic carbocycles. The van der Waals surface area contributed by atoms with Crippen molar-refractivity contribution in [3.63, 3.8) is 0 Å². The number of hydrogen-bond donors (Lipinski definition) is 2. The van der Waals surface area contributed by atoms with Crippen molar-refractivity contribution in [2.75, 3.05) is 0 Å². The van der Waals surface area contributed by atoms with E-state index in [0.717, 1.165) is 0 Å². The number of aromatic amines is 1. The lowest BCUT2D eigenvalue weighted by Crippen LogP contribution is -2.24. The lowest BCUT2D eigenvalue weighted by molar-refractivity contribution is 0.0950. The molecule has 0 radical (unpaired) electrons. The number of H-pyrrole nitrogens is 1. The molecule has 7 heteroatoms. The molecule has 0 atom stereocenters. The SMILES string of the molecule is O=C(NCc1cc(=O)[nH]c(-c2ccccn2)n1)c1cccnc1. The first-order valence-electron chi connectivity index (χ1n) is 6.92. The molecule has 1 amide bonds. The van der Waals surface area contributed by atoms with Gasteiger partial charge in [-0.05, 0) is 24.3 Å². The van der Waals surface area contributed by atoms with Crippen molar-refractivity contribution in [1.82, 2.24) is 25.3 Å². The van der Waals surface area contributed by atoms with Crippen molar-refractivity contribution < 1.29 is 4.79 Å². The number of nitrogens with one attached hydrogen (secondary N) is 2. The van der Waals surface area contributed by atoms with E-state index in [-0.39, 0.29) is 18.0 Å². The van der Waals surface area contributed by atoms with Crippen LogP contribution in [0.25, 0.3) is 11.5 Å². The van der Waals surface area contributed by atoms with Gasteiger partial charge >= 0.3 is 0 Å². The van der Waals surface area contributed by atoms with E-state index in [1.54, 1.807) is 42.7 Å². The first kappa shape index (κ1) is 14.6. The van der Waals surface area contributed by atoms with Crippen molar-refractivity contribution in [2.24, 2.45) is 0 Å². The van der Waals surface area contributed by atoms with E-state index in [2.05, 4.69) is 25.3 Å². The molecule has 0 aliphatic rings. The average molecular weight is 307 g/mol. The fourth-order valence-electron chi connectivity index (χ4n) is 1.99. The molecule has 0 aliphatic heterocycles. The number of hydrogen-bond acceptors (Lipinski definition) is 5. The standard InChI is InChI=1S/C16H13N5O2/c22-14-8-12(10-19-16(23)11-4-3-6-17-9-11)20-15(21-14)13-5-1-2-7-18-13/h1-9H,10H2,(H,19,23)(H,20,21,22). The fraction of sp³-hybridized carbons (Fsp3) is 0.0625. The molecule has 0 unspecified atom stereocenters. The smallest absolute Gasteiger partial charge is 0.253 e. The van der Waals surface area contributed by atoms with Crippen LogP contribution in [0.2, 0.25) is 0 Å². The summed E-state index contributed by atoms with van der Waals surface area (Å²) in [6.07, 6.45) is 4.68. The van der Waals surface area contributed by atoms with Crippen molar-refractivity contribution >= 4 is 5.91 Å². The van der Waals surface area contributed by atoms with Gasteiger partial charge in [-0.15, -0.1) is 0 Å². The Hall–Kier alpha value is -3.35. The number of aromatic nitrogens is 4. The summed E-state index contributed by atoms with van der Waals surface area (Å²) < 4.78 is 0. The summed E-state index contributed by atoms with van der Waals surface area (Å²) in [5, 5.41) is 2.71. The van der Waals surface area contributed by atoms with Crippen molar-refractivity contribution in [3.8, 4) is 11.5 Å². The molecule has 2 N–H and O–H groups in total. The summed E-state index contributed by atoms with van der Waals surface area (Å²) >= 11 is 0. The predicted molar refractivity (Wildman–Crippen MR) is 83.5 cm³/mol. The van der Waals surface area contributed by atoms with E-state index in [9.17, 15) is 9.59 Å². The van der Waals surface area contributed by atoms with Crippen LogP contribution in [0.4, 0.5) is 0 Å². The third kappa shape index (κ3) is 3.65. The summed E-state index contributed by atoms with van der Waals surface area (Å²) in [5.74, 6) is 0.0864. The van der Waals surface area contributed by atoms with Gasteiger partial charge in [-0.1, -0.05) is 6.07 Å². The first-order valence-corrected chi connectivity index (χ1v) is 6.92. The van der Waals surface area contributed by atoms with Crippen molar-refractivity contribution in [3.05, 3.63) is 76.6 Å². The Bertz CT molecular complexity index is 862. The highest BCUT2D eigenvalue weighted by atomic mass is 16.1. The van der Waals surface area contributed by atoms with E-state index in [4.69, 9.17) is 0 Å². The second-order valence-electron chi connectivity index (χ2n) is 4.72. The predicted octanol–water partition coefficient (Wildman–Crippen LogP) is 1.16. The van der Waals surface area contributed by atoms with Gasteiger partial charge in [0.25, 0.3) is 11.5 Å². The minimum atomic E-state index is -0.300. The molecule has 0 saturated heterocycles. The molecule has 114 valence electrons. The number of carbonyl (C=O) groups is 1. The van der Waals surface area contributed by atoms with E-state index < -0.39 is 0 Å². The van der Waals surface area contributed by atoms with Crippen LogP contribution in [0.5, 0.6) is 0 Å². The molecule has 3 heterocycles. The third-order valence-corrected chi connectivity index (χ3v) is 3.06. The van der Waals surface area contributed by atoms with Crippen LogP contribution in [0.3, 0.4) is 0 Å². The zero-order valence-electron chi connectivity index (χ0n) is 12.1. The highest BCUT2D eigenvalue weighted by Gasteiger charge is 2.08. The van der Waals surface area contributed by atoms with Crippen molar-refractivity contribution in [2.45, 2.75) is 6.54 Å². The van der Waals surface area contributed by atoms with Crippen LogP contribution in [-0.4, -0.2) is 25.8 Å². The number of amides is 1. The number of rotatable bonds is 4. The van der Waals surface area contributed by atoms with E-state index in [1.165, 1.54) is 12.3 Å². The molecular weight excluding hydrogens is 294 g/mol. The first-order chi connectivity index (χ1) is 11.2. The maximum absolute atomic E-state index is 12.0. The molecule has 0 spiro atoms. The number of pyridine rings is 2. The van der Waals surface area contributed by atoms with Crippen molar-refractivity contribution in [1.29, 1.82) is 0 Å². The molecule has 23 heavy (non-hydrogen) atoms. The van der Waals surface area contributed by atoms with Gasteiger partial charge in [-0.25, -0.2) is 4.98 Å². The van der Waals surface area contributed by atoms with Gasteiger partial charge < -0.3 is 10.3 Å². The number of nitrogens with zero attached hydrogens (tertiary/aromatic N) is 3. The summed E-state index contributed by atoms with van der Waals surface area (Å²) in [5.41, 5.74) is 1.16. The quantitative estimate of drug-likeness (QED) is 0.753. The second-order valence-corrected chi connectivity index (χ2v) is 4.72. The van der Waals surface area contributed by atoms with Crippen LogP contribution in [0.1, 0.15) is 16.1 Å². The van der Waals surface area contributed by atoms with E-state index in [0.29, 0.717) is 22.8 Å². The lowest BCUT2D eigenvalue weighted by Gasteiger charge is -2.06. The highest BCUT2D eigenvalue weighted by Crippen LogP contribution is 2.09. The molecule has 3 aromatic rings. The largest absolute Gasteiger partial charge is 0.346 e. The zero-order chi connectivity index (χ0) is 16.1. The van der Waals surface area contributed by atoms with Crippen LogP contribution < -0.4 is 10.9 Å². The molecule has 7 nitrogen and oxygen atoms in total. The Labute approximate surface area is 131 Å². The zero-order valence-corrected chi connectivity index (χ0v) is 12.1. The summed E-state index contributed by atoms with van der Waals surface area (Å²) in [6, 6.07) is 10.0. The maximum Gasteiger partial charge on any atom is 0.253 e. The Morgan fingerprint density at radius 1 is 1.17 bits per heavy atom. The average Bonchev–Trinajstić information content (AvgIpc) is 2.61. The van der Waals surface area contributed by atoms with Crippen LogP contribution in [0.15, 0.2) is 59.8 Å². The molecular formula is C16H13N5O2. The van der Waals surface area contributed by atoms with Gasteiger partial charge in [0.1, 0.15) is 5.69 Å². The van der Waals surface area contributed by atoms with Gasteiger partial charge in [0.15, 0.2) is 5.82 Å². The normalized spacial score (nSPS) is 10.3. The van der Waals surface area contributed by atoms with Gasteiger partial charge in [-0.3, -0.25) is 19.6 Å². The monoisotopic (exact) mass is 307 g/mol. The van der Waals surface area contributed by atoms with Gasteiger partial charge in [-0.2, -0.15) is 0 Å². The molecule has 0 fully saturated rings. The summed E-state index contributed by atoms with van der Waals surface area (Å²) in [6.45, 7) is 0.136. The number of carbonyl (C=O) groups excluding carboxylic acids is 1. The van der Waals surface area contributed by atoms with Crippen LogP contribution in [-0.2, 0) is 6.54 Å². The topological polar surface area (TPSA) is 101 Å². The Morgan fingerprint density at radius 3 is 2.83 bits per heavy atom. The molecule has 3 rings (SSSR count). The van der Waals surface area contributed by atoms with Gasteiger partial charge in [0, 0.05) is 24.7 Å². The Kier molecular flexibility index (Phi) is 4.19.